The van der Waals surface area contributed by atoms with Crippen LogP contribution in [0, 0.1) is 5.41 Å². The van der Waals surface area contributed by atoms with Crippen molar-refractivity contribution in [1.29, 1.82) is 0 Å². The molecule has 1 aromatic rings. The van der Waals surface area contributed by atoms with Crippen LogP contribution in [0.2, 0.25) is 0 Å². The van der Waals surface area contributed by atoms with Gasteiger partial charge in [-0.05, 0) is 38.8 Å². The Kier molecular flexibility index (Phi) is 2.04. The highest BCUT2D eigenvalue weighted by Crippen LogP contribution is 2.53. The number of nitrogens with one attached hydrogen (secondary N) is 1. The van der Waals surface area contributed by atoms with E-state index in [-0.39, 0.29) is 0 Å². The minimum atomic E-state index is 0.612. The Morgan fingerprint density at radius 2 is 2.00 bits per heavy atom. The Bertz CT molecular complexity index is 407. The van der Waals surface area contributed by atoms with Crippen LogP contribution in [0.3, 0.4) is 0 Å². The second-order valence-corrected chi connectivity index (χ2v) is 6.02. The lowest BCUT2D eigenvalue weighted by Gasteiger charge is -2.40. The molecule has 3 fully saturated rings. The summed E-state index contributed by atoms with van der Waals surface area (Å²) in [5.41, 5.74) is 2.07. The van der Waals surface area contributed by atoms with E-state index in [2.05, 4.69) is 32.4 Å². The van der Waals surface area contributed by atoms with Crippen LogP contribution in [0.4, 0.5) is 5.69 Å². The Hall–Kier alpha value is -1.03. The first kappa shape index (κ1) is 9.95. The van der Waals surface area contributed by atoms with Crippen molar-refractivity contribution in [2.24, 2.45) is 5.41 Å². The summed E-state index contributed by atoms with van der Waals surface area (Å²) >= 11 is 0. The average Bonchev–Trinajstić information content (AvgIpc) is 2.99. The summed E-state index contributed by atoms with van der Waals surface area (Å²) in [7, 11) is 0. The molecule has 17 heavy (non-hydrogen) atoms. The van der Waals surface area contributed by atoms with Crippen molar-refractivity contribution in [1.82, 2.24) is 15.1 Å². The SMILES string of the molecule is c1nn(C2CCNCC2)cc1N1CC2(CC2)C1. The largest absolute Gasteiger partial charge is 0.368 e. The molecule has 0 aromatic carbocycles. The number of nitrogens with zero attached hydrogens (tertiary/aromatic N) is 3. The van der Waals surface area contributed by atoms with Crippen molar-refractivity contribution >= 4 is 5.69 Å². The van der Waals surface area contributed by atoms with Crippen LogP contribution in [0.15, 0.2) is 12.4 Å². The predicted molar refractivity (Wildman–Crippen MR) is 67.2 cm³/mol. The molecular weight excluding hydrogens is 212 g/mol. The Balaban J connectivity index is 1.45. The number of rotatable bonds is 2. The normalized spacial score (nSPS) is 27.2. The van der Waals surface area contributed by atoms with Gasteiger partial charge in [0.15, 0.2) is 0 Å². The van der Waals surface area contributed by atoms with Crippen molar-refractivity contribution in [2.45, 2.75) is 31.7 Å². The topological polar surface area (TPSA) is 33.1 Å². The highest BCUT2D eigenvalue weighted by molar-refractivity contribution is 5.48. The maximum atomic E-state index is 4.56. The molecule has 0 radical (unpaired) electrons. The van der Waals surface area contributed by atoms with Crippen molar-refractivity contribution in [3.8, 4) is 0 Å². The number of hydrogen-bond acceptors (Lipinski definition) is 3. The van der Waals surface area contributed by atoms with Gasteiger partial charge in [0.1, 0.15) is 0 Å². The lowest BCUT2D eigenvalue weighted by molar-refractivity contribution is 0.342. The van der Waals surface area contributed by atoms with Gasteiger partial charge in [0.2, 0.25) is 0 Å². The van der Waals surface area contributed by atoms with Gasteiger partial charge in [-0.3, -0.25) is 4.68 Å². The minimum Gasteiger partial charge on any atom is -0.368 e. The molecule has 3 aliphatic rings. The Morgan fingerprint density at radius 1 is 1.24 bits per heavy atom. The van der Waals surface area contributed by atoms with Gasteiger partial charge in [-0.15, -0.1) is 0 Å². The number of hydrogen-bond donors (Lipinski definition) is 1. The quantitative estimate of drug-likeness (QED) is 0.837. The molecule has 1 spiro atoms. The average molecular weight is 232 g/mol. The fourth-order valence-electron chi connectivity index (χ4n) is 3.20. The van der Waals surface area contributed by atoms with E-state index in [0.717, 1.165) is 18.5 Å². The predicted octanol–water partition coefficient (Wildman–Crippen LogP) is 1.41. The van der Waals surface area contributed by atoms with Crippen molar-refractivity contribution in [3.05, 3.63) is 12.4 Å². The second-order valence-electron chi connectivity index (χ2n) is 6.02. The molecular formula is C13H20N4. The first-order chi connectivity index (χ1) is 8.35. The number of piperidine rings is 1. The highest BCUT2D eigenvalue weighted by atomic mass is 15.3. The van der Waals surface area contributed by atoms with Crippen LogP contribution in [0.1, 0.15) is 31.7 Å². The van der Waals surface area contributed by atoms with E-state index >= 15 is 0 Å². The Labute approximate surface area is 102 Å². The van der Waals surface area contributed by atoms with Gasteiger partial charge in [-0.1, -0.05) is 0 Å². The monoisotopic (exact) mass is 232 g/mol. The molecule has 0 amide bonds. The molecule has 1 aromatic heterocycles. The zero-order chi connectivity index (χ0) is 11.3. The summed E-state index contributed by atoms with van der Waals surface area (Å²) in [4.78, 5) is 2.48. The maximum Gasteiger partial charge on any atom is 0.0753 e. The highest BCUT2D eigenvalue weighted by Gasteiger charge is 2.52. The third-order valence-electron chi connectivity index (χ3n) is 4.65. The van der Waals surface area contributed by atoms with Crippen molar-refractivity contribution in [2.75, 3.05) is 31.1 Å². The van der Waals surface area contributed by atoms with Crippen LogP contribution < -0.4 is 10.2 Å². The molecule has 3 heterocycles. The summed E-state index contributed by atoms with van der Waals surface area (Å²) in [6.45, 7) is 4.80. The molecule has 2 saturated heterocycles. The molecule has 4 heteroatoms. The third-order valence-corrected chi connectivity index (χ3v) is 4.65. The molecule has 4 nitrogen and oxygen atoms in total. The van der Waals surface area contributed by atoms with E-state index in [0.29, 0.717) is 6.04 Å². The maximum absolute atomic E-state index is 4.56. The van der Waals surface area contributed by atoms with E-state index in [4.69, 9.17) is 0 Å². The van der Waals surface area contributed by atoms with Crippen LogP contribution in [-0.2, 0) is 0 Å². The van der Waals surface area contributed by atoms with E-state index in [1.165, 1.54) is 44.5 Å². The zero-order valence-corrected chi connectivity index (χ0v) is 10.2. The summed E-state index contributed by atoms with van der Waals surface area (Å²) in [5.74, 6) is 0. The van der Waals surface area contributed by atoms with Gasteiger partial charge in [0.25, 0.3) is 0 Å². The van der Waals surface area contributed by atoms with Crippen molar-refractivity contribution in [3.63, 3.8) is 0 Å². The number of aromatic nitrogens is 2. The molecule has 1 aliphatic carbocycles. The van der Waals surface area contributed by atoms with Gasteiger partial charge < -0.3 is 10.2 Å². The smallest absolute Gasteiger partial charge is 0.0753 e. The van der Waals surface area contributed by atoms with Gasteiger partial charge >= 0.3 is 0 Å². The lowest BCUT2D eigenvalue weighted by Crippen LogP contribution is -2.48. The molecule has 0 atom stereocenters. The summed E-state index contributed by atoms with van der Waals surface area (Å²) < 4.78 is 2.19. The van der Waals surface area contributed by atoms with E-state index in [9.17, 15) is 0 Å². The van der Waals surface area contributed by atoms with E-state index in [1.807, 2.05) is 0 Å². The van der Waals surface area contributed by atoms with Crippen LogP contribution in [-0.4, -0.2) is 36.0 Å². The molecule has 1 saturated carbocycles. The lowest BCUT2D eigenvalue weighted by atomic mass is 9.97. The number of anilines is 1. The molecule has 0 bridgehead atoms. The second kappa shape index (κ2) is 3.48. The van der Waals surface area contributed by atoms with Crippen LogP contribution in [0.5, 0.6) is 0 Å². The molecule has 4 rings (SSSR count). The van der Waals surface area contributed by atoms with Crippen molar-refractivity contribution < 1.29 is 0 Å². The first-order valence-electron chi connectivity index (χ1n) is 6.85. The summed E-state index contributed by atoms with van der Waals surface area (Å²) in [6, 6.07) is 0.612. The molecule has 0 unspecified atom stereocenters. The molecule has 92 valence electrons. The first-order valence-corrected chi connectivity index (χ1v) is 6.85. The third kappa shape index (κ3) is 1.66. The van der Waals surface area contributed by atoms with Gasteiger partial charge in [-0.2, -0.15) is 5.10 Å². The van der Waals surface area contributed by atoms with E-state index < -0.39 is 0 Å². The Morgan fingerprint density at radius 3 is 2.71 bits per heavy atom. The standard InChI is InChI=1S/C13H20N4/c1-5-14-6-2-11(1)17-8-12(7-15-17)16-9-13(10-16)3-4-13/h7-8,11,14H,1-6,9-10H2. The van der Waals surface area contributed by atoms with Gasteiger partial charge in [-0.25, -0.2) is 0 Å². The minimum absolute atomic E-state index is 0.612. The molecule has 1 N–H and O–H groups in total. The van der Waals surface area contributed by atoms with Gasteiger partial charge in [0.05, 0.1) is 17.9 Å². The fraction of sp³-hybridized carbons (Fsp3) is 0.769. The zero-order valence-electron chi connectivity index (χ0n) is 10.2. The van der Waals surface area contributed by atoms with E-state index in [1.54, 1.807) is 0 Å². The van der Waals surface area contributed by atoms with Crippen LogP contribution >= 0.6 is 0 Å². The molecule has 2 aliphatic heterocycles. The fourth-order valence-corrected chi connectivity index (χ4v) is 3.20. The summed E-state index contributed by atoms with van der Waals surface area (Å²) in [6.07, 6.45) is 9.64. The van der Waals surface area contributed by atoms with Gasteiger partial charge in [0, 0.05) is 24.7 Å². The summed E-state index contributed by atoms with van der Waals surface area (Å²) in [5, 5.41) is 7.96. The van der Waals surface area contributed by atoms with Crippen LogP contribution in [0.25, 0.3) is 0 Å².